The number of aromatic nitrogens is 2. The molecule has 0 aliphatic carbocycles. The number of likely N-dealkylation sites (N-methyl/N-ethyl adjacent to an activating group) is 1. The van der Waals surface area contributed by atoms with Gasteiger partial charge in [-0.25, -0.2) is 4.39 Å². The van der Waals surface area contributed by atoms with Crippen LogP contribution in [-0.4, -0.2) is 40.9 Å². The number of rotatable bonds is 7. The predicted molar refractivity (Wildman–Crippen MR) is 118 cm³/mol. The highest BCUT2D eigenvalue weighted by Gasteiger charge is 2.32. The first kappa shape index (κ1) is 21.6. The Labute approximate surface area is 184 Å². The lowest BCUT2D eigenvalue weighted by Crippen LogP contribution is -2.16. The van der Waals surface area contributed by atoms with Crippen LogP contribution in [0.15, 0.2) is 34.9 Å². The molecule has 0 saturated heterocycles. The molecule has 3 N–H and O–H groups in total. The number of nitrogen functional groups attached to an aromatic ring is 1. The van der Waals surface area contributed by atoms with Gasteiger partial charge < -0.3 is 25.0 Å². The lowest BCUT2D eigenvalue weighted by atomic mass is 9.94. The average Bonchev–Trinajstić information content (AvgIpc) is 3.33. The number of hydrogen-bond donors (Lipinski definition) is 2. The molecule has 1 aromatic heterocycles. The molecular formula is C23H25FN4O4. The molecule has 1 aliphatic rings. The summed E-state index contributed by atoms with van der Waals surface area (Å²) in [6, 6.07) is 8.24. The van der Waals surface area contributed by atoms with Crippen molar-refractivity contribution in [1.29, 1.82) is 0 Å². The predicted octanol–water partition coefficient (Wildman–Crippen LogP) is 4.31. The molecule has 4 rings (SSSR count). The normalized spacial score (nSPS) is 15.3. The Morgan fingerprint density at radius 3 is 2.84 bits per heavy atom. The maximum absolute atomic E-state index is 14.9. The van der Waals surface area contributed by atoms with E-state index in [2.05, 4.69) is 10.1 Å². The van der Waals surface area contributed by atoms with Gasteiger partial charge in [-0.3, -0.25) is 4.79 Å². The lowest BCUT2D eigenvalue weighted by Gasteiger charge is -2.15. The molecule has 0 amide bonds. The van der Waals surface area contributed by atoms with Crippen LogP contribution in [0.1, 0.15) is 38.2 Å². The summed E-state index contributed by atoms with van der Waals surface area (Å²) < 4.78 is 26.0. The van der Waals surface area contributed by atoms with E-state index in [0.717, 1.165) is 5.56 Å². The second-order valence-electron chi connectivity index (χ2n) is 8.21. The third-order valence-electron chi connectivity index (χ3n) is 5.45. The van der Waals surface area contributed by atoms with E-state index in [1.54, 1.807) is 24.3 Å². The van der Waals surface area contributed by atoms with Crippen LogP contribution in [0.4, 0.5) is 15.8 Å². The van der Waals surface area contributed by atoms with Crippen molar-refractivity contribution in [2.45, 2.75) is 38.7 Å². The summed E-state index contributed by atoms with van der Waals surface area (Å²) in [5.74, 6) is -0.434. The van der Waals surface area contributed by atoms with Crippen molar-refractivity contribution in [1.82, 2.24) is 10.1 Å². The van der Waals surface area contributed by atoms with Crippen LogP contribution in [0, 0.1) is 5.82 Å². The van der Waals surface area contributed by atoms with Crippen molar-refractivity contribution in [3.05, 3.63) is 41.7 Å². The zero-order valence-corrected chi connectivity index (χ0v) is 18.1. The number of carbonyl (C=O) groups is 1. The number of hydrogen-bond acceptors (Lipinski definition) is 7. The van der Waals surface area contributed by atoms with Gasteiger partial charge in [-0.1, -0.05) is 11.2 Å². The number of benzene rings is 2. The number of fused-ring (bicyclic) bond motifs is 1. The number of nitrogens with two attached hydrogens (primary N) is 1. The summed E-state index contributed by atoms with van der Waals surface area (Å²) in [6.45, 7) is 4.42. The van der Waals surface area contributed by atoms with Crippen LogP contribution < -0.4 is 15.4 Å². The number of anilines is 2. The van der Waals surface area contributed by atoms with E-state index < -0.39 is 11.8 Å². The summed E-state index contributed by atoms with van der Waals surface area (Å²) >= 11 is 0. The van der Waals surface area contributed by atoms with Gasteiger partial charge in [-0.05, 0) is 50.1 Å². The summed E-state index contributed by atoms with van der Waals surface area (Å²) in [5, 5.41) is 13.0. The molecule has 0 bridgehead atoms. The van der Waals surface area contributed by atoms with E-state index in [1.807, 2.05) is 25.8 Å². The molecule has 1 aliphatic heterocycles. The van der Waals surface area contributed by atoms with E-state index >= 15 is 0 Å². The van der Waals surface area contributed by atoms with Crippen LogP contribution in [0.5, 0.6) is 5.75 Å². The minimum Gasteiger partial charge on any atom is -0.489 e. The molecule has 2 heterocycles. The Balaban J connectivity index is 1.68. The zero-order valence-electron chi connectivity index (χ0n) is 18.1. The molecule has 3 aromatic rings. The second-order valence-corrected chi connectivity index (χ2v) is 8.21. The van der Waals surface area contributed by atoms with Crippen molar-refractivity contribution < 1.29 is 23.6 Å². The Kier molecular flexibility index (Phi) is 5.73. The molecule has 1 unspecified atom stereocenters. The fraction of sp³-hybridized carbons (Fsp3) is 0.348. The van der Waals surface area contributed by atoms with Gasteiger partial charge in [-0.2, -0.15) is 4.98 Å². The molecule has 0 fully saturated rings. The van der Waals surface area contributed by atoms with Gasteiger partial charge in [0.05, 0.1) is 23.0 Å². The molecule has 9 heteroatoms. The van der Waals surface area contributed by atoms with E-state index in [4.69, 9.17) is 20.1 Å². The first-order valence-electron chi connectivity index (χ1n) is 10.4. The van der Waals surface area contributed by atoms with Crippen molar-refractivity contribution in [3.8, 4) is 28.6 Å². The standard InChI is InChI=1S/C23H25FN4O4/c1-12(2)31-18-8-4-13(10-17(18)25)23-26-22(27-32-23)20-16(24)7-6-15-14(5-9-19(29)30)11-28(3)21(15)20/h4,6-8,10,12,14H,5,9,11,25H2,1-3H3,(H,29,30). The smallest absolute Gasteiger partial charge is 0.303 e. The van der Waals surface area contributed by atoms with Gasteiger partial charge in [0.15, 0.2) is 0 Å². The topological polar surface area (TPSA) is 115 Å². The summed E-state index contributed by atoms with van der Waals surface area (Å²) in [4.78, 5) is 17.3. The molecule has 0 radical (unpaired) electrons. The quantitative estimate of drug-likeness (QED) is 0.522. The molecule has 0 saturated carbocycles. The Hall–Kier alpha value is -3.62. The lowest BCUT2D eigenvalue weighted by molar-refractivity contribution is -0.137. The van der Waals surface area contributed by atoms with E-state index in [9.17, 15) is 9.18 Å². The molecule has 0 spiro atoms. The van der Waals surface area contributed by atoms with E-state index in [1.165, 1.54) is 6.07 Å². The number of carboxylic acids is 1. The van der Waals surface area contributed by atoms with Crippen LogP contribution in [0.25, 0.3) is 22.8 Å². The fourth-order valence-electron chi connectivity index (χ4n) is 4.09. The monoisotopic (exact) mass is 440 g/mol. The number of nitrogens with zero attached hydrogens (tertiary/aromatic N) is 3. The van der Waals surface area contributed by atoms with Crippen LogP contribution in [-0.2, 0) is 4.79 Å². The molecule has 168 valence electrons. The number of halogens is 1. The first-order chi connectivity index (χ1) is 15.2. The highest BCUT2D eigenvalue weighted by Crippen LogP contribution is 2.45. The maximum atomic E-state index is 14.9. The second kappa shape index (κ2) is 8.49. The number of ether oxygens (including phenoxy) is 1. The maximum Gasteiger partial charge on any atom is 0.303 e. The van der Waals surface area contributed by atoms with Crippen molar-refractivity contribution in [2.75, 3.05) is 24.2 Å². The van der Waals surface area contributed by atoms with Crippen molar-refractivity contribution >= 4 is 17.3 Å². The molecule has 8 nitrogen and oxygen atoms in total. The van der Waals surface area contributed by atoms with Gasteiger partial charge in [-0.15, -0.1) is 0 Å². The van der Waals surface area contributed by atoms with Crippen molar-refractivity contribution in [3.63, 3.8) is 0 Å². The highest BCUT2D eigenvalue weighted by molar-refractivity contribution is 5.81. The molecular weight excluding hydrogens is 415 g/mol. The average molecular weight is 440 g/mol. The summed E-state index contributed by atoms with van der Waals surface area (Å²) in [7, 11) is 1.84. The Bertz CT molecular complexity index is 1160. The molecule has 2 aromatic carbocycles. The van der Waals surface area contributed by atoms with Crippen LogP contribution in [0.2, 0.25) is 0 Å². The minimum absolute atomic E-state index is 0.00915. The third kappa shape index (κ3) is 4.10. The van der Waals surface area contributed by atoms with Gasteiger partial charge in [0.1, 0.15) is 11.6 Å². The SMILES string of the molecule is CC(C)Oc1ccc(-c2nc(-c3c(F)ccc4c3N(C)CC4CCC(=O)O)no2)cc1N. The third-order valence-corrected chi connectivity index (χ3v) is 5.45. The van der Waals surface area contributed by atoms with Crippen molar-refractivity contribution in [2.24, 2.45) is 0 Å². The Morgan fingerprint density at radius 2 is 2.16 bits per heavy atom. The Morgan fingerprint density at radius 1 is 1.38 bits per heavy atom. The summed E-state index contributed by atoms with van der Waals surface area (Å²) in [5.41, 5.74) is 8.90. The number of aliphatic carboxylic acids is 1. The summed E-state index contributed by atoms with van der Waals surface area (Å²) in [6.07, 6.45) is 0.506. The highest BCUT2D eigenvalue weighted by atomic mass is 19.1. The fourth-order valence-corrected chi connectivity index (χ4v) is 4.09. The molecule has 32 heavy (non-hydrogen) atoms. The van der Waals surface area contributed by atoms with Gasteiger partial charge in [0.25, 0.3) is 5.89 Å². The number of carboxylic acid groups (broad SMARTS) is 1. The van der Waals surface area contributed by atoms with E-state index in [-0.39, 0.29) is 35.7 Å². The van der Waals surface area contributed by atoms with E-state index in [0.29, 0.717) is 35.7 Å². The van der Waals surface area contributed by atoms with Gasteiger partial charge in [0, 0.05) is 31.5 Å². The van der Waals surface area contributed by atoms with Gasteiger partial charge in [0.2, 0.25) is 5.82 Å². The first-order valence-corrected chi connectivity index (χ1v) is 10.4. The van der Waals surface area contributed by atoms with Gasteiger partial charge >= 0.3 is 5.97 Å². The molecule has 1 atom stereocenters. The largest absolute Gasteiger partial charge is 0.489 e. The minimum atomic E-state index is -0.852. The zero-order chi connectivity index (χ0) is 23.0. The van der Waals surface area contributed by atoms with Crippen LogP contribution in [0.3, 0.4) is 0 Å². The van der Waals surface area contributed by atoms with Crippen LogP contribution >= 0.6 is 0 Å².